The van der Waals surface area contributed by atoms with E-state index in [0.29, 0.717) is 6.61 Å². The molecule has 1 aromatic rings. The number of rotatable bonds is 7. The first-order valence-corrected chi connectivity index (χ1v) is 7.01. The summed E-state index contributed by atoms with van der Waals surface area (Å²) in [6.07, 6.45) is 0.767. The number of carbonyl (C=O) groups excluding carboxylic acids is 1. The molecule has 0 saturated heterocycles. The van der Waals surface area contributed by atoms with Crippen LogP contribution in [0.15, 0.2) is 12.1 Å². The lowest BCUT2D eigenvalue weighted by molar-refractivity contribution is -0.00838. The van der Waals surface area contributed by atoms with Gasteiger partial charge < -0.3 is 9.47 Å². The summed E-state index contributed by atoms with van der Waals surface area (Å²) in [4.78, 5) is 12.2. The standard InChI is InChI=1S/C17H26O3/c1-12-9-13(2)16(14(3)10-12)15(18)11-20-8-7-17(4,5)19-6/h9-10H,7-8,11H2,1-6H3. The molecule has 0 saturated carbocycles. The van der Waals surface area contributed by atoms with Gasteiger partial charge in [-0.25, -0.2) is 0 Å². The number of carbonyl (C=O) groups is 1. The fraction of sp³-hybridized carbons (Fsp3) is 0.588. The van der Waals surface area contributed by atoms with Gasteiger partial charge in [0.05, 0.1) is 5.60 Å². The highest BCUT2D eigenvalue weighted by molar-refractivity contribution is 5.99. The Morgan fingerprint density at radius 2 is 1.70 bits per heavy atom. The quantitative estimate of drug-likeness (QED) is 0.564. The molecule has 0 unspecified atom stereocenters. The smallest absolute Gasteiger partial charge is 0.188 e. The van der Waals surface area contributed by atoms with Gasteiger partial charge in [0, 0.05) is 19.3 Å². The fourth-order valence-corrected chi connectivity index (χ4v) is 2.28. The summed E-state index contributed by atoms with van der Waals surface area (Å²) in [7, 11) is 1.68. The summed E-state index contributed by atoms with van der Waals surface area (Å²) < 4.78 is 10.8. The molecule has 20 heavy (non-hydrogen) atoms. The van der Waals surface area contributed by atoms with Gasteiger partial charge in [-0.3, -0.25) is 4.79 Å². The van der Waals surface area contributed by atoms with Crippen LogP contribution < -0.4 is 0 Å². The minimum absolute atomic E-state index is 0.0511. The summed E-state index contributed by atoms with van der Waals surface area (Å²) in [5.74, 6) is 0.0511. The molecule has 0 aromatic heterocycles. The number of benzene rings is 1. The summed E-state index contributed by atoms with van der Waals surface area (Å²) in [5, 5.41) is 0. The van der Waals surface area contributed by atoms with Crippen LogP contribution in [0, 0.1) is 20.8 Å². The van der Waals surface area contributed by atoms with Crippen LogP contribution in [-0.2, 0) is 9.47 Å². The van der Waals surface area contributed by atoms with Crippen molar-refractivity contribution in [2.24, 2.45) is 0 Å². The molecule has 1 rings (SSSR count). The third-order valence-corrected chi connectivity index (χ3v) is 3.59. The van der Waals surface area contributed by atoms with Crippen molar-refractivity contribution in [3.63, 3.8) is 0 Å². The molecular formula is C17H26O3. The molecular weight excluding hydrogens is 252 g/mol. The topological polar surface area (TPSA) is 35.5 Å². The Morgan fingerprint density at radius 1 is 1.15 bits per heavy atom. The van der Waals surface area contributed by atoms with Crippen LogP contribution in [0.25, 0.3) is 0 Å². The van der Waals surface area contributed by atoms with Crippen LogP contribution in [-0.4, -0.2) is 31.7 Å². The van der Waals surface area contributed by atoms with Gasteiger partial charge in [-0.1, -0.05) is 17.7 Å². The minimum atomic E-state index is -0.210. The molecule has 3 heteroatoms. The average molecular weight is 278 g/mol. The summed E-state index contributed by atoms with van der Waals surface area (Å²) in [6.45, 7) is 10.7. The lowest BCUT2D eigenvalue weighted by Crippen LogP contribution is -2.25. The molecule has 0 amide bonds. The maximum atomic E-state index is 12.2. The van der Waals surface area contributed by atoms with Gasteiger partial charge in [0.25, 0.3) is 0 Å². The lowest BCUT2D eigenvalue weighted by Gasteiger charge is -2.22. The maximum Gasteiger partial charge on any atom is 0.188 e. The van der Waals surface area contributed by atoms with Crippen molar-refractivity contribution in [3.05, 3.63) is 34.4 Å². The van der Waals surface area contributed by atoms with Crippen LogP contribution in [0.2, 0.25) is 0 Å². The van der Waals surface area contributed by atoms with Gasteiger partial charge in [-0.2, -0.15) is 0 Å². The molecule has 0 aliphatic rings. The van der Waals surface area contributed by atoms with Gasteiger partial charge in [0.1, 0.15) is 6.61 Å². The van der Waals surface area contributed by atoms with E-state index < -0.39 is 0 Å². The molecule has 0 N–H and O–H groups in total. The van der Waals surface area contributed by atoms with E-state index in [4.69, 9.17) is 9.47 Å². The van der Waals surface area contributed by atoms with Crippen molar-refractivity contribution in [3.8, 4) is 0 Å². The zero-order valence-electron chi connectivity index (χ0n) is 13.5. The number of hydrogen-bond donors (Lipinski definition) is 0. The van der Waals surface area contributed by atoms with E-state index in [1.54, 1.807) is 7.11 Å². The Hall–Kier alpha value is -1.19. The summed E-state index contributed by atoms with van der Waals surface area (Å²) in [5.41, 5.74) is 3.81. The Kier molecular flexibility index (Phi) is 5.90. The van der Waals surface area contributed by atoms with Gasteiger partial charge in [-0.05, 0) is 52.2 Å². The third-order valence-electron chi connectivity index (χ3n) is 3.59. The molecule has 0 radical (unpaired) electrons. The number of ketones is 1. The minimum Gasteiger partial charge on any atom is -0.379 e. The van der Waals surface area contributed by atoms with Crippen molar-refractivity contribution in [1.82, 2.24) is 0 Å². The van der Waals surface area contributed by atoms with Crippen molar-refractivity contribution in [2.75, 3.05) is 20.3 Å². The number of ether oxygens (including phenoxy) is 2. The van der Waals surface area contributed by atoms with E-state index in [0.717, 1.165) is 23.1 Å². The van der Waals surface area contributed by atoms with Crippen LogP contribution in [0.3, 0.4) is 0 Å². The molecule has 0 atom stereocenters. The fourth-order valence-electron chi connectivity index (χ4n) is 2.28. The predicted molar refractivity (Wildman–Crippen MR) is 81.5 cm³/mol. The first kappa shape index (κ1) is 16.9. The first-order valence-electron chi connectivity index (χ1n) is 7.01. The number of methoxy groups -OCH3 is 1. The van der Waals surface area contributed by atoms with Gasteiger partial charge >= 0.3 is 0 Å². The van der Waals surface area contributed by atoms with Crippen molar-refractivity contribution >= 4 is 5.78 Å². The zero-order valence-corrected chi connectivity index (χ0v) is 13.5. The summed E-state index contributed by atoms with van der Waals surface area (Å²) in [6, 6.07) is 4.07. The van der Waals surface area contributed by atoms with E-state index in [1.807, 2.05) is 46.8 Å². The van der Waals surface area contributed by atoms with E-state index in [-0.39, 0.29) is 18.0 Å². The number of aryl methyl sites for hydroxylation is 3. The monoisotopic (exact) mass is 278 g/mol. The first-order chi connectivity index (χ1) is 9.26. The molecule has 0 aliphatic heterocycles. The Labute approximate surface area is 122 Å². The highest BCUT2D eigenvalue weighted by atomic mass is 16.5. The van der Waals surface area contributed by atoms with Crippen LogP contribution in [0.4, 0.5) is 0 Å². The lowest BCUT2D eigenvalue weighted by atomic mass is 9.97. The second-order valence-electron chi connectivity index (χ2n) is 5.96. The summed E-state index contributed by atoms with van der Waals surface area (Å²) >= 11 is 0. The zero-order chi connectivity index (χ0) is 15.3. The molecule has 1 aromatic carbocycles. The van der Waals surface area contributed by atoms with E-state index >= 15 is 0 Å². The third kappa shape index (κ3) is 4.73. The maximum absolute atomic E-state index is 12.2. The van der Waals surface area contributed by atoms with Crippen molar-refractivity contribution < 1.29 is 14.3 Å². The number of Topliss-reactive ketones (excluding diaryl/α,β-unsaturated/α-hetero) is 1. The average Bonchev–Trinajstić information content (AvgIpc) is 2.33. The van der Waals surface area contributed by atoms with E-state index in [2.05, 4.69) is 0 Å². The molecule has 0 fully saturated rings. The predicted octanol–water partition coefficient (Wildman–Crippen LogP) is 3.63. The van der Waals surface area contributed by atoms with Gasteiger partial charge in [-0.15, -0.1) is 0 Å². The van der Waals surface area contributed by atoms with E-state index in [1.165, 1.54) is 5.56 Å². The second kappa shape index (κ2) is 7.00. The molecule has 0 heterocycles. The largest absolute Gasteiger partial charge is 0.379 e. The molecule has 3 nitrogen and oxygen atoms in total. The highest BCUT2D eigenvalue weighted by Gasteiger charge is 2.17. The molecule has 0 bridgehead atoms. The van der Waals surface area contributed by atoms with Crippen LogP contribution in [0.5, 0.6) is 0 Å². The van der Waals surface area contributed by atoms with Crippen molar-refractivity contribution in [1.29, 1.82) is 0 Å². The Balaban J connectivity index is 2.56. The molecule has 112 valence electrons. The molecule has 0 aliphatic carbocycles. The van der Waals surface area contributed by atoms with Crippen molar-refractivity contribution in [2.45, 2.75) is 46.6 Å². The highest BCUT2D eigenvalue weighted by Crippen LogP contribution is 2.17. The molecule has 0 spiro atoms. The van der Waals surface area contributed by atoms with Crippen LogP contribution in [0.1, 0.15) is 47.3 Å². The Bertz CT molecular complexity index is 452. The second-order valence-corrected chi connectivity index (χ2v) is 5.96. The SMILES string of the molecule is COC(C)(C)CCOCC(=O)c1c(C)cc(C)cc1C. The van der Waals surface area contributed by atoms with E-state index in [9.17, 15) is 4.79 Å². The Morgan fingerprint density at radius 3 is 2.20 bits per heavy atom. The normalized spacial score (nSPS) is 11.7. The van der Waals surface area contributed by atoms with Gasteiger partial charge in [0.2, 0.25) is 0 Å². The van der Waals surface area contributed by atoms with Gasteiger partial charge in [0.15, 0.2) is 5.78 Å². The number of hydrogen-bond acceptors (Lipinski definition) is 3. The van der Waals surface area contributed by atoms with Crippen LogP contribution >= 0.6 is 0 Å².